The fraction of sp³-hybridized carbons (Fsp3) is 0.519. The van der Waals surface area contributed by atoms with Crippen LogP contribution in [0.1, 0.15) is 70.0 Å². The minimum atomic E-state index is -0.124. The van der Waals surface area contributed by atoms with Crippen molar-refractivity contribution in [2.75, 3.05) is 20.3 Å². The maximum absolute atomic E-state index is 12.6. The van der Waals surface area contributed by atoms with E-state index in [4.69, 9.17) is 9.47 Å². The SMILES string of the molecule is COc1ccccc1[C@@H](CCN(C(C)=O)[C@H](C)c1ccccc1)[C@@H]1CCOC(C)(C)C1. The van der Waals surface area contributed by atoms with Gasteiger partial charge in [0.2, 0.25) is 5.91 Å². The smallest absolute Gasteiger partial charge is 0.219 e. The first-order valence-corrected chi connectivity index (χ1v) is 11.4. The van der Waals surface area contributed by atoms with Crippen molar-refractivity contribution >= 4 is 5.91 Å². The Morgan fingerprint density at radius 3 is 2.48 bits per heavy atom. The normalized spacial score (nSPS) is 20.0. The van der Waals surface area contributed by atoms with Gasteiger partial charge in [0.1, 0.15) is 5.75 Å². The van der Waals surface area contributed by atoms with Crippen molar-refractivity contribution in [2.24, 2.45) is 5.92 Å². The molecule has 3 rings (SSSR count). The summed E-state index contributed by atoms with van der Waals surface area (Å²) < 4.78 is 11.7. The molecule has 1 heterocycles. The summed E-state index contributed by atoms with van der Waals surface area (Å²) in [5.41, 5.74) is 2.28. The van der Waals surface area contributed by atoms with Crippen LogP contribution in [0.2, 0.25) is 0 Å². The summed E-state index contributed by atoms with van der Waals surface area (Å²) in [5.74, 6) is 1.84. The van der Waals surface area contributed by atoms with E-state index >= 15 is 0 Å². The summed E-state index contributed by atoms with van der Waals surface area (Å²) in [6.07, 6.45) is 2.93. The molecule has 3 atom stereocenters. The molecule has 0 spiro atoms. The topological polar surface area (TPSA) is 38.8 Å². The number of carbonyl (C=O) groups excluding carboxylic acids is 1. The van der Waals surface area contributed by atoms with Gasteiger partial charge in [-0.15, -0.1) is 0 Å². The summed E-state index contributed by atoms with van der Waals surface area (Å²) in [6.45, 7) is 9.64. The van der Waals surface area contributed by atoms with E-state index in [0.29, 0.717) is 18.4 Å². The zero-order chi connectivity index (χ0) is 22.4. The summed E-state index contributed by atoms with van der Waals surface area (Å²) in [7, 11) is 1.74. The Morgan fingerprint density at radius 1 is 1.16 bits per heavy atom. The molecule has 1 aliphatic heterocycles. The van der Waals surface area contributed by atoms with Crippen molar-refractivity contribution in [3.8, 4) is 5.75 Å². The Morgan fingerprint density at radius 2 is 1.84 bits per heavy atom. The molecule has 0 aliphatic carbocycles. The second-order valence-electron chi connectivity index (χ2n) is 9.30. The molecule has 0 saturated carbocycles. The van der Waals surface area contributed by atoms with Gasteiger partial charge in [0.25, 0.3) is 0 Å². The second-order valence-corrected chi connectivity index (χ2v) is 9.30. The van der Waals surface area contributed by atoms with Crippen LogP contribution >= 0.6 is 0 Å². The van der Waals surface area contributed by atoms with Crippen molar-refractivity contribution in [1.29, 1.82) is 0 Å². The van der Waals surface area contributed by atoms with Gasteiger partial charge in [-0.25, -0.2) is 0 Å². The standard InChI is InChI=1S/C27H37NO3/c1-20(22-11-7-6-8-12-22)28(21(2)29)17-15-24(23-16-18-31-27(3,4)19-23)25-13-9-10-14-26(25)30-5/h6-14,20,23-24H,15-19H2,1-5H3/t20-,23-,24+/m1/s1. The van der Waals surface area contributed by atoms with E-state index in [1.54, 1.807) is 14.0 Å². The van der Waals surface area contributed by atoms with Crippen LogP contribution in [-0.2, 0) is 9.53 Å². The third-order valence-corrected chi connectivity index (χ3v) is 6.68. The van der Waals surface area contributed by atoms with E-state index in [-0.39, 0.29) is 17.6 Å². The van der Waals surface area contributed by atoms with Crippen LogP contribution in [-0.4, -0.2) is 36.7 Å². The van der Waals surface area contributed by atoms with E-state index < -0.39 is 0 Å². The van der Waals surface area contributed by atoms with Gasteiger partial charge < -0.3 is 14.4 Å². The average Bonchev–Trinajstić information content (AvgIpc) is 2.76. The van der Waals surface area contributed by atoms with Crippen LogP contribution in [0.15, 0.2) is 54.6 Å². The minimum Gasteiger partial charge on any atom is -0.496 e. The molecule has 4 nitrogen and oxygen atoms in total. The molecule has 0 aromatic heterocycles. The first-order valence-electron chi connectivity index (χ1n) is 11.4. The lowest BCUT2D eigenvalue weighted by Crippen LogP contribution is -2.38. The fourth-order valence-electron chi connectivity index (χ4n) is 5.05. The number of nitrogens with zero attached hydrogens (tertiary/aromatic N) is 1. The monoisotopic (exact) mass is 423 g/mol. The fourth-order valence-corrected chi connectivity index (χ4v) is 5.05. The highest BCUT2D eigenvalue weighted by molar-refractivity contribution is 5.73. The Bertz CT molecular complexity index is 849. The van der Waals surface area contributed by atoms with E-state index in [0.717, 1.165) is 31.6 Å². The predicted molar refractivity (Wildman–Crippen MR) is 125 cm³/mol. The molecule has 0 N–H and O–H groups in total. The largest absolute Gasteiger partial charge is 0.496 e. The molecule has 1 amide bonds. The molecule has 31 heavy (non-hydrogen) atoms. The quantitative estimate of drug-likeness (QED) is 0.524. The lowest BCUT2D eigenvalue weighted by molar-refractivity contribution is -0.131. The number of benzene rings is 2. The lowest BCUT2D eigenvalue weighted by Gasteiger charge is -2.40. The Labute approximate surface area is 187 Å². The zero-order valence-electron chi connectivity index (χ0n) is 19.6. The summed E-state index contributed by atoms with van der Waals surface area (Å²) in [4.78, 5) is 14.6. The number of hydrogen-bond acceptors (Lipinski definition) is 3. The maximum Gasteiger partial charge on any atom is 0.219 e. The Balaban J connectivity index is 1.86. The van der Waals surface area contributed by atoms with Gasteiger partial charge in [-0.1, -0.05) is 48.5 Å². The lowest BCUT2D eigenvalue weighted by atomic mass is 9.74. The second kappa shape index (κ2) is 10.3. The van der Waals surface area contributed by atoms with Gasteiger partial charge in [-0.3, -0.25) is 4.79 Å². The highest BCUT2D eigenvalue weighted by Crippen LogP contribution is 2.43. The third-order valence-electron chi connectivity index (χ3n) is 6.68. The summed E-state index contributed by atoms with van der Waals surface area (Å²) in [6, 6.07) is 18.7. The number of methoxy groups -OCH3 is 1. The molecule has 2 aromatic rings. The van der Waals surface area contributed by atoms with Crippen molar-refractivity contribution in [2.45, 2.75) is 64.5 Å². The van der Waals surface area contributed by atoms with Gasteiger partial charge in [0.15, 0.2) is 0 Å². The van der Waals surface area contributed by atoms with Gasteiger partial charge >= 0.3 is 0 Å². The average molecular weight is 424 g/mol. The number of para-hydroxylation sites is 1. The number of hydrogen-bond donors (Lipinski definition) is 0. The van der Waals surface area contributed by atoms with E-state index in [2.05, 4.69) is 45.0 Å². The van der Waals surface area contributed by atoms with Crippen LogP contribution in [0.3, 0.4) is 0 Å². The molecule has 1 saturated heterocycles. The highest BCUT2D eigenvalue weighted by atomic mass is 16.5. The van der Waals surface area contributed by atoms with Crippen molar-refractivity contribution in [3.63, 3.8) is 0 Å². The van der Waals surface area contributed by atoms with Crippen LogP contribution in [0, 0.1) is 5.92 Å². The van der Waals surface area contributed by atoms with Crippen LogP contribution in [0.5, 0.6) is 5.75 Å². The van der Waals surface area contributed by atoms with E-state index in [9.17, 15) is 4.79 Å². The summed E-state index contributed by atoms with van der Waals surface area (Å²) in [5, 5.41) is 0. The minimum absolute atomic E-state index is 0.0446. The number of amides is 1. The van der Waals surface area contributed by atoms with Crippen LogP contribution < -0.4 is 4.74 Å². The number of ether oxygens (including phenoxy) is 2. The van der Waals surface area contributed by atoms with E-state index in [1.165, 1.54) is 11.1 Å². The molecular weight excluding hydrogens is 386 g/mol. The maximum atomic E-state index is 12.6. The molecule has 1 fully saturated rings. The molecule has 168 valence electrons. The molecule has 1 aliphatic rings. The highest BCUT2D eigenvalue weighted by Gasteiger charge is 2.35. The molecule has 2 aromatic carbocycles. The first kappa shape index (κ1) is 23.3. The van der Waals surface area contributed by atoms with Gasteiger partial charge in [-0.2, -0.15) is 0 Å². The zero-order valence-corrected chi connectivity index (χ0v) is 19.6. The van der Waals surface area contributed by atoms with Gasteiger partial charge in [0.05, 0.1) is 18.8 Å². The number of carbonyl (C=O) groups is 1. The van der Waals surface area contributed by atoms with Gasteiger partial charge in [-0.05, 0) is 69.1 Å². The van der Waals surface area contributed by atoms with Crippen molar-refractivity contribution < 1.29 is 14.3 Å². The molecule has 0 bridgehead atoms. The molecule has 0 radical (unpaired) electrons. The van der Waals surface area contributed by atoms with E-state index in [1.807, 2.05) is 35.2 Å². The summed E-state index contributed by atoms with van der Waals surface area (Å²) >= 11 is 0. The Kier molecular flexibility index (Phi) is 7.77. The predicted octanol–water partition coefficient (Wildman–Crippen LogP) is 5.98. The number of rotatable bonds is 8. The van der Waals surface area contributed by atoms with Crippen LogP contribution in [0.4, 0.5) is 0 Å². The van der Waals surface area contributed by atoms with Crippen molar-refractivity contribution in [3.05, 3.63) is 65.7 Å². The Hall–Kier alpha value is -2.33. The van der Waals surface area contributed by atoms with Crippen molar-refractivity contribution in [1.82, 2.24) is 4.90 Å². The first-order chi connectivity index (χ1) is 14.8. The third kappa shape index (κ3) is 5.88. The molecule has 4 heteroatoms. The van der Waals surface area contributed by atoms with Crippen LogP contribution in [0.25, 0.3) is 0 Å². The van der Waals surface area contributed by atoms with Gasteiger partial charge in [0, 0.05) is 20.1 Å². The molecule has 0 unspecified atom stereocenters. The molecular formula is C27H37NO3.